The van der Waals surface area contributed by atoms with Crippen LogP contribution in [0.5, 0.6) is 0 Å². The van der Waals surface area contributed by atoms with Crippen LogP contribution in [-0.2, 0) is 11.3 Å². The third-order valence-corrected chi connectivity index (χ3v) is 4.47. The number of halogens is 1. The van der Waals surface area contributed by atoms with Crippen LogP contribution in [0.4, 0.5) is 10.6 Å². The van der Waals surface area contributed by atoms with Gasteiger partial charge in [-0.2, -0.15) is 9.61 Å². The summed E-state index contributed by atoms with van der Waals surface area (Å²) >= 11 is 3.43. The Labute approximate surface area is 163 Å². The molecule has 2 heterocycles. The predicted octanol–water partition coefficient (Wildman–Crippen LogP) is 4.91. The van der Waals surface area contributed by atoms with Crippen LogP contribution in [0.3, 0.4) is 0 Å². The zero-order valence-electron chi connectivity index (χ0n) is 14.2. The fourth-order valence-electron chi connectivity index (χ4n) is 2.67. The maximum absolute atomic E-state index is 12.4. The third kappa shape index (κ3) is 3.83. The van der Waals surface area contributed by atoms with E-state index in [1.165, 1.54) is 0 Å². The van der Waals surface area contributed by atoms with Gasteiger partial charge in [-0.1, -0.05) is 58.4 Å². The van der Waals surface area contributed by atoms with Crippen LogP contribution in [0.25, 0.3) is 16.9 Å². The zero-order chi connectivity index (χ0) is 18.6. The molecule has 0 saturated heterocycles. The molecule has 134 valence electrons. The van der Waals surface area contributed by atoms with Crippen molar-refractivity contribution in [1.82, 2.24) is 14.6 Å². The van der Waals surface area contributed by atoms with Gasteiger partial charge in [0, 0.05) is 16.2 Å². The molecule has 7 heteroatoms. The van der Waals surface area contributed by atoms with Gasteiger partial charge in [-0.05, 0) is 29.8 Å². The van der Waals surface area contributed by atoms with E-state index < -0.39 is 6.09 Å². The molecule has 2 aromatic heterocycles. The van der Waals surface area contributed by atoms with Crippen molar-refractivity contribution in [2.24, 2.45) is 0 Å². The largest absolute Gasteiger partial charge is 0.444 e. The molecular formula is C20H15BrN4O2. The Morgan fingerprint density at radius 3 is 2.59 bits per heavy atom. The number of anilines is 1. The Hall–Kier alpha value is -3.19. The first-order valence-electron chi connectivity index (χ1n) is 8.28. The molecule has 0 atom stereocenters. The van der Waals surface area contributed by atoms with Crippen molar-refractivity contribution in [2.45, 2.75) is 6.61 Å². The van der Waals surface area contributed by atoms with E-state index >= 15 is 0 Å². The number of nitrogens with one attached hydrogen (secondary N) is 1. The van der Waals surface area contributed by atoms with Crippen molar-refractivity contribution < 1.29 is 9.53 Å². The summed E-state index contributed by atoms with van der Waals surface area (Å²) in [5.74, 6) is 0.464. The average Bonchev–Trinajstić information content (AvgIpc) is 3.06. The highest BCUT2D eigenvalue weighted by molar-refractivity contribution is 9.10. The van der Waals surface area contributed by atoms with Gasteiger partial charge in [0.15, 0.2) is 11.5 Å². The SMILES string of the molecule is O=C(Nc1c(-c2ccc(Br)cc2)nc2cccnn12)OCc1ccccc1. The van der Waals surface area contributed by atoms with Gasteiger partial charge in [0.2, 0.25) is 0 Å². The molecule has 1 amide bonds. The number of carbonyl (C=O) groups is 1. The van der Waals surface area contributed by atoms with Crippen molar-refractivity contribution in [3.63, 3.8) is 0 Å². The first-order chi connectivity index (χ1) is 13.2. The predicted molar refractivity (Wildman–Crippen MR) is 106 cm³/mol. The summed E-state index contributed by atoms with van der Waals surface area (Å²) in [5, 5.41) is 7.07. The number of aromatic nitrogens is 3. The second-order valence-electron chi connectivity index (χ2n) is 5.80. The molecule has 0 aliphatic rings. The van der Waals surface area contributed by atoms with Gasteiger partial charge in [0.1, 0.15) is 12.3 Å². The van der Waals surface area contributed by atoms with Crippen LogP contribution in [0.1, 0.15) is 5.56 Å². The molecule has 0 fully saturated rings. The lowest BCUT2D eigenvalue weighted by atomic mass is 10.1. The summed E-state index contributed by atoms with van der Waals surface area (Å²) in [6.07, 6.45) is 1.07. The lowest BCUT2D eigenvalue weighted by Crippen LogP contribution is -2.16. The molecule has 4 aromatic rings. The molecule has 0 aliphatic carbocycles. The summed E-state index contributed by atoms with van der Waals surface area (Å²) in [5.41, 5.74) is 3.03. The van der Waals surface area contributed by atoms with Gasteiger partial charge >= 0.3 is 6.09 Å². The van der Waals surface area contributed by atoms with Crippen molar-refractivity contribution >= 4 is 33.5 Å². The molecule has 0 radical (unpaired) electrons. The molecule has 2 aromatic carbocycles. The molecule has 0 aliphatic heterocycles. The molecule has 6 nitrogen and oxygen atoms in total. The minimum atomic E-state index is -0.565. The fourth-order valence-corrected chi connectivity index (χ4v) is 2.93. The number of fused-ring (bicyclic) bond motifs is 1. The summed E-state index contributed by atoms with van der Waals surface area (Å²) < 4.78 is 7.88. The molecule has 0 unspecified atom stereocenters. The Morgan fingerprint density at radius 2 is 1.81 bits per heavy atom. The molecule has 0 bridgehead atoms. The van der Waals surface area contributed by atoms with E-state index in [0.29, 0.717) is 17.2 Å². The second kappa shape index (κ2) is 7.59. The number of imidazole rings is 1. The van der Waals surface area contributed by atoms with E-state index in [1.807, 2.05) is 60.7 Å². The number of rotatable bonds is 4. The van der Waals surface area contributed by atoms with Crippen molar-refractivity contribution in [2.75, 3.05) is 5.32 Å². The van der Waals surface area contributed by atoms with E-state index in [0.717, 1.165) is 15.6 Å². The van der Waals surface area contributed by atoms with E-state index in [4.69, 9.17) is 4.74 Å². The average molecular weight is 423 g/mol. The molecule has 4 rings (SSSR count). The minimum absolute atomic E-state index is 0.185. The molecule has 27 heavy (non-hydrogen) atoms. The molecule has 0 saturated carbocycles. The van der Waals surface area contributed by atoms with Gasteiger partial charge in [-0.3, -0.25) is 5.32 Å². The number of hydrogen-bond donors (Lipinski definition) is 1. The topological polar surface area (TPSA) is 68.5 Å². The zero-order valence-corrected chi connectivity index (χ0v) is 15.8. The lowest BCUT2D eigenvalue weighted by Gasteiger charge is -2.08. The first-order valence-corrected chi connectivity index (χ1v) is 9.07. The number of hydrogen-bond acceptors (Lipinski definition) is 4. The van der Waals surface area contributed by atoms with Crippen molar-refractivity contribution in [3.05, 3.63) is 83.0 Å². The second-order valence-corrected chi connectivity index (χ2v) is 6.71. The van der Waals surface area contributed by atoms with E-state index in [1.54, 1.807) is 16.8 Å². The summed E-state index contributed by atoms with van der Waals surface area (Å²) in [7, 11) is 0. The van der Waals surface area contributed by atoms with Gasteiger partial charge < -0.3 is 4.74 Å². The van der Waals surface area contributed by atoms with Crippen LogP contribution >= 0.6 is 15.9 Å². The van der Waals surface area contributed by atoms with Crippen LogP contribution in [-0.4, -0.2) is 20.7 Å². The Kier molecular flexibility index (Phi) is 4.84. The number of ether oxygens (including phenoxy) is 1. The Bertz CT molecular complexity index is 1080. The van der Waals surface area contributed by atoms with Crippen LogP contribution < -0.4 is 5.32 Å². The Morgan fingerprint density at radius 1 is 1.04 bits per heavy atom. The highest BCUT2D eigenvalue weighted by Crippen LogP contribution is 2.29. The minimum Gasteiger partial charge on any atom is -0.444 e. The lowest BCUT2D eigenvalue weighted by molar-refractivity contribution is 0.155. The highest BCUT2D eigenvalue weighted by Gasteiger charge is 2.18. The maximum Gasteiger partial charge on any atom is 0.413 e. The normalized spacial score (nSPS) is 10.7. The van der Waals surface area contributed by atoms with E-state index in [9.17, 15) is 4.79 Å². The monoisotopic (exact) mass is 422 g/mol. The van der Waals surface area contributed by atoms with E-state index in [2.05, 4.69) is 31.3 Å². The van der Waals surface area contributed by atoms with Gasteiger partial charge in [0.05, 0.1) is 0 Å². The van der Waals surface area contributed by atoms with Crippen LogP contribution in [0.15, 0.2) is 77.4 Å². The Balaban J connectivity index is 1.62. The number of carbonyl (C=O) groups excluding carboxylic acids is 1. The van der Waals surface area contributed by atoms with Gasteiger partial charge in [0.25, 0.3) is 0 Å². The van der Waals surface area contributed by atoms with Gasteiger partial charge in [-0.25, -0.2) is 9.78 Å². The number of nitrogens with zero attached hydrogens (tertiary/aromatic N) is 3. The van der Waals surface area contributed by atoms with Crippen molar-refractivity contribution in [1.29, 1.82) is 0 Å². The highest BCUT2D eigenvalue weighted by atomic mass is 79.9. The van der Waals surface area contributed by atoms with Gasteiger partial charge in [-0.15, -0.1) is 0 Å². The van der Waals surface area contributed by atoms with E-state index in [-0.39, 0.29) is 6.61 Å². The molecular weight excluding hydrogens is 408 g/mol. The summed E-state index contributed by atoms with van der Waals surface area (Å²) in [6.45, 7) is 0.185. The fraction of sp³-hybridized carbons (Fsp3) is 0.0500. The summed E-state index contributed by atoms with van der Waals surface area (Å²) in [6, 6.07) is 20.8. The van der Waals surface area contributed by atoms with Crippen LogP contribution in [0.2, 0.25) is 0 Å². The smallest absolute Gasteiger partial charge is 0.413 e. The maximum atomic E-state index is 12.4. The summed E-state index contributed by atoms with van der Waals surface area (Å²) in [4.78, 5) is 17.0. The number of amides is 1. The van der Waals surface area contributed by atoms with Crippen LogP contribution in [0, 0.1) is 0 Å². The number of benzene rings is 2. The molecule has 1 N–H and O–H groups in total. The standard InChI is InChI=1S/C20H15BrN4O2/c21-16-10-8-15(9-11-16)18-19(25-17(23-18)7-4-12-22-25)24-20(26)27-13-14-5-2-1-3-6-14/h1-12H,13H2,(H,24,26). The quantitative estimate of drug-likeness (QED) is 0.507. The molecule has 0 spiro atoms. The third-order valence-electron chi connectivity index (χ3n) is 3.94. The van der Waals surface area contributed by atoms with Crippen molar-refractivity contribution in [3.8, 4) is 11.3 Å². The first kappa shape index (κ1) is 17.2.